The van der Waals surface area contributed by atoms with Gasteiger partial charge in [0.05, 0.1) is 9.80 Å². The molecule has 0 radical (unpaired) electrons. The van der Waals surface area contributed by atoms with Crippen molar-refractivity contribution >= 4 is 21.2 Å². The highest BCUT2D eigenvalue weighted by atomic mass is 32.2. The van der Waals surface area contributed by atoms with Crippen molar-refractivity contribution in [3.05, 3.63) is 23.1 Å². The Balaban J connectivity index is 2.55. The van der Waals surface area contributed by atoms with Gasteiger partial charge in [0.1, 0.15) is 5.69 Å². The lowest BCUT2D eigenvalue weighted by Gasteiger charge is -2.09. The molecule has 1 aliphatic rings. The van der Waals surface area contributed by atoms with Gasteiger partial charge in [0.2, 0.25) is 0 Å². The minimum absolute atomic E-state index is 0.116. The normalized spacial score (nSPS) is 15.2. The van der Waals surface area contributed by atoms with Crippen molar-refractivity contribution in [2.45, 2.75) is 23.8 Å². The molecule has 0 bridgehead atoms. The Bertz CT molecular complexity index is 579. The van der Waals surface area contributed by atoms with Crippen molar-refractivity contribution in [1.29, 1.82) is 0 Å². The van der Waals surface area contributed by atoms with E-state index in [-0.39, 0.29) is 16.6 Å². The van der Waals surface area contributed by atoms with Crippen LogP contribution in [0.5, 0.6) is 0 Å². The van der Waals surface area contributed by atoms with Crippen molar-refractivity contribution < 1.29 is 18.2 Å². The van der Waals surface area contributed by atoms with Crippen LogP contribution in [0.1, 0.15) is 12.8 Å². The summed E-state index contributed by atoms with van der Waals surface area (Å²) in [7, 11) is -2.16. The van der Waals surface area contributed by atoms with E-state index in [9.17, 15) is 13.3 Å². The van der Waals surface area contributed by atoms with Gasteiger partial charge in [-0.05, 0) is 18.9 Å². The van der Waals surface area contributed by atoms with Crippen LogP contribution in [-0.4, -0.2) is 32.7 Å². The molecular weight excluding hydrogens is 256 g/mol. The SMILES string of the molecule is CO[N+](=O)c1cccc(S(C)(=O)=O)c1NC1CC1. The molecule has 0 unspecified atom stereocenters. The van der Waals surface area contributed by atoms with Crippen LogP contribution in [0.15, 0.2) is 23.1 Å². The number of hydrogen-bond acceptors (Lipinski definition) is 5. The second-order valence-electron chi connectivity index (χ2n) is 4.28. The van der Waals surface area contributed by atoms with Gasteiger partial charge >= 0.3 is 5.69 Å². The molecule has 1 saturated carbocycles. The number of rotatable bonds is 5. The van der Waals surface area contributed by atoms with E-state index in [0.29, 0.717) is 10.6 Å². The molecule has 18 heavy (non-hydrogen) atoms. The molecule has 0 spiro atoms. The maximum absolute atomic E-state index is 11.7. The molecule has 0 atom stereocenters. The molecule has 0 heterocycles. The van der Waals surface area contributed by atoms with Gasteiger partial charge in [-0.2, -0.15) is 0 Å². The summed E-state index contributed by atoms with van der Waals surface area (Å²) < 4.78 is 23.4. The first-order valence-corrected chi connectivity index (χ1v) is 7.43. The predicted molar refractivity (Wildman–Crippen MR) is 66.5 cm³/mol. The molecule has 0 aliphatic heterocycles. The largest absolute Gasteiger partial charge is 0.376 e. The zero-order valence-electron chi connectivity index (χ0n) is 10.2. The number of benzene rings is 1. The molecule has 1 aromatic carbocycles. The zero-order valence-corrected chi connectivity index (χ0v) is 11.0. The molecule has 98 valence electrons. The molecule has 6 nitrogen and oxygen atoms in total. The van der Waals surface area contributed by atoms with Crippen molar-refractivity contribution in [3.8, 4) is 0 Å². The third-order valence-corrected chi connectivity index (χ3v) is 3.83. The van der Waals surface area contributed by atoms with E-state index in [4.69, 9.17) is 0 Å². The summed E-state index contributed by atoms with van der Waals surface area (Å²) in [6.07, 6.45) is 3.07. The van der Waals surface area contributed by atoms with E-state index >= 15 is 0 Å². The van der Waals surface area contributed by atoms with E-state index in [0.717, 1.165) is 19.1 Å². The van der Waals surface area contributed by atoms with Crippen molar-refractivity contribution in [2.24, 2.45) is 0 Å². The number of para-hydroxylation sites is 1. The summed E-state index contributed by atoms with van der Waals surface area (Å²) >= 11 is 0. The quantitative estimate of drug-likeness (QED) is 0.824. The molecule has 1 fully saturated rings. The minimum Gasteiger partial charge on any atom is -0.376 e. The molecule has 1 aromatic rings. The van der Waals surface area contributed by atoms with Gasteiger partial charge in [-0.1, -0.05) is 6.07 Å². The van der Waals surface area contributed by atoms with Crippen LogP contribution in [0.2, 0.25) is 0 Å². The Morgan fingerprint density at radius 3 is 2.56 bits per heavy atom. The zero-order chi connectivity index (χ0) is 13.3. The van der Waals surface area contributed by atoms with Gasteiger partial charge in [-0.25, -0.2) is 13.3 Å². The molecule has 2 rings (SSSR count). The number of anilines is 1. The molecular formula is C11H15N2O4S+. The first-order valence-electron chi connectivity index (χ1n) is 5.54. The summed E-state index contributed by atoms with van der Waals surface area (Å²) in [4.78, 5) is 16.6. The third kappa shape index (κ3) is 2.61. The molecule has 1 aliphatic carbocycles. The lowest BCUT2D eigenvalue weighted by molar-refractivity contribution is -0.736. The second-order valence-corrected chi connectivity index (χ2v) is 6.26. The van der Waals surface area contributed by atoms with Gasteiger partial charge < -0.3 is 5.32 Å². The lowest BCUT2D eigenvalue weighted by Crippen LogP contribution is -2.11. The Labute approximate surface area is 105 Å². The van der Waals surface area contributed by atoms with Crippen LogP contribution in [0.25, 0.3) is 0 Å². The predicted octanol–water partition coefficient (Wildman–Crippen LogP) is 1.64. The Morgan fingerprint density at radius 1 is 1.39 bits per heavy atom. The number of hydrogen-bond donors (Lipinski definition) is 1. The second kappa shape index (κ2) is 4.56. The van der Waals surface area contributed by atoms with Crippen LogP contribution in [0.3, 0.4) is 0 Å². The van der Waals surface area contributed by atoms with Gasteiger partial charge in [0.15, 0.2) is 16.9 Å². The molecule has 7 heteroatoms. The Morgan fingerprint density at radius 2 is 2.06 bits per heavy atom. The lowest BCUT2D eigenvalue weighted by atomic mass is 10.2. The fraction of sp³-hybridized carbons (Fsp3) is 0.455. The summed E-state index contributed by atoms with van der Waals surface area (Å²) in [5.74, 6) is 0. The Hall–Kier alpha value is -1.63. The molecule has 0 aromatic heterocycles. The van der Waals surface area contributed by atoms with Gasteiger partial charge in [-0.3, -0.25) is 0 Å². The van der Waals surface area contributed by atoms with Crippen LogP contribution < -0.4 is 5.32 Å². The van der Waals surface area contributed by atoms with Crippen LogP contribution in [0.4, 0.5) is 11.4 Å². The summed E-state index contributed by atoms with van der Waals surface area (Å²) in [6, 6.07) is 4.76. The summed E-state index contributed by atoms with van der Waals surface area (Å²) in [5.41, 5.74) is 0.492. The van der Waals surface area contributed by atoms with E-state index in [1.165, 1.54) is 25.3 Å². The molecule has 1 N–H and O–H groups in total. The summed E-state index contributed by atoms with van der Waals surface area (Å²) in [5, 5.41) is 3.07. The van der Waals surface area contributed by atoms with Gasteiger partial charge in [-0.15, -0.1) is 0 Å². The van der Waals surface area contributed by atoms with E-state index < -0.39 is 9.84 Å². The number of sulfone groups is 1. The van der Waals surface area contributed by atoms with Crippen LogP contribution >= 0.6 is 0 Å². The van der Waals surface area contributed by atoms with E-state index in [1.54, 1.807) is 0 Å². The fourth-order valence-corrected chi connectivity index (χ4v) is 2.52. The minimum atomic E-state index is -3.40. The smallest absolute Gasteiger partial charge is 0.340 e. The first kappa shape index (κ1) is 12.8. The monoisotopic (exact) mass is 271 g/mol. The van der Waals surface area contributed by atoms with Crippen molar-refractivity contribution in [2.75, 3.05) is 18.7 Å². The average molecular weight is 271 g/mol. The highest BCUT2D eigenvalue weighted by Gasteiger charge is 2.31. The maximum Gasteiger partial charge on any atom is 0.340 e. The number of nitrogens with one attached hydrogen (secondary N) is 1. The molecule has 0 saturated heterocycles. The standard InChI is InChI=1S/C11H15N2O4S/c1-17-13(14)9-4-3-5-10(18(2,15)16)11(9)12-8-6-7-8/h3-5,8,12H,6-7H2,1-2H3/q+1. The highest BCUT2D eigenvalue weighted by molar-refractivity contribution is 7.90. The fourth-order valence-electron chi connectivity index (χ4n) is 1.66. The van der Waals surface area contributed by atoms with Gasteiger partial charge in [0.25, 0.3) is 4.92 Å². The topological polar surface area (TPSA) is 75.5 Å². The summed E-state index contributed by atoms with van der Waals surface area (Å²) in [6.45, 7) is 0. The van der Waals surface area contributed by atoms with Gasteiger partial charge in [0, 0.05) is 18.4 Å². The van der Waals surface area contributed by atoms with E-state index in [2.05, 4.69) is 10.2 Å². The van der Waals surface area contributed by atoms with Crippen molar-refractivity contribution in [3.63, 3.8) is 0 Å². The van der Waals surface area contributed by atoms with Crippen LogP contribution in [0, 0.1) is 4.91 Å². The Kier molecular flexibility index (Phi) is 3.25. The number of nitrogens with zero attached hydrogens (tertiary/aromatic N) is 1. The van der Waals surface area contributed by atoms with Crippen molar-refractivity contribution in [1.82, 2.24) is 0 Å². The molecule has 0 amide bonds. The third-order valence-electron chi connectivity index (χ3n) is 2.69. The maximum atomic E-state index is 11.7. The average Bonchev–Trinajstić information content (AvgIpc) is 3.11. The van der Waals surface area contributed by atoms with E-state index in [1.807, 2.05) is 0 Å². The highest BCUT2D eigenvalue weighted by Crippen LogP contribution is 2.35. The van der Waals surface area contributed by atoms with Crippen LogP contribution in [-0.2, 0) is 14.7 Å². The first-order chi connectivity index (χ1) is 8.43.